The molecule has 5 nitrogen and oxygen atoms in total. The normalized spacial score (nSPS) is 10.4. The Labute approximate surface area is 118 Å². The highest BCUT2D eigenvalue weighted by atomic mass is 32.1. The monoisotopic (exact) mass is 286 g/mol. The third-order valence-electron chi connectivity index (χ3n) is 2.55. The Bertz CT molecular complexity index is 692. The molecule has 2 aromatic heterocycles. The first-order valence-electron chi connectivity index (χ1n) is 5.91. The van der Waals surface area contributed by atoms with Crippen molar-refractivity contribution in [2.75, 3.05) is 0 Å². The number of esters is 1. The SMILES string of the molecule is O=C(OCc1nc(-c2cccs2)no1)c1ccccc1. The van der Waals surface area contributed by atoms with E-state index in [1.54, 1.807) is 24.3 Å². The number of carbonyl (C=O) groups is 1. The molecule has 0 radical (unpaired) electrons. The number of ether oxygens (including phenoxy) is 1. The first-order valence-corrected chi connectivity index (χ1v) is 6.79. The van der Waals surface area contributed by atoms with Crippen molar-refractivity contribution in [1.29, 1.82) is 0 Å². The van der Waals surface area contributed by atoms with Crippen LogP contribution in [-0.4, -0.2) is 16.1 Å². The lowest BCUT2D eigenvalue weighted by Gasteiger charge is -2.00. The van der Waals surface area contributed by atoms with Crippen molar-refractivity contribution in [3.63, 3.8) is 0 Å². The standard InChI is InChI=1S/C14H10N2O3S/c17-14(10-5-2-1-3-6-10)18-9-12-15-13(16-19-12)11-7-4-8-20-11/h1-8H,9H2. The highest BCUT2D eigenvalue weighted by molar-refractivity contribution is 7.13. The molecule has 20 heavy (non-hydrogen) atoms. The third-order valence-corrected chi connectivity index (χ3v) is 3.41. The number of benzene rings is 1. The molecule has 3 aromatic rings. The second-order valence-electron chi connectivity index (χ2n) is 3.93. The smallest absolute Gasteiger partial charge is 0.338 e. The van der Waals surface area contributed by atoms with Gasteiger partial charge < -0.3 is 9.26 Å². The van der Waals surface area contributed by atoms with Crippen molar-refractivity contribution < 1.29 is 14.1 Å². The summed E-state index contributed by atoms with van der Waals surface area (Å²) in [7, 11) is 0. The first kappa shape index (κ1) is 12.6. The summed E-state index contributed by atoms with van der Waals surface area (Å²) in [6, 6.07) is 12.6. The van der Waals surface area contributed by atoms with Crippen molar-refractivity contribution in [3.8, 4) is 10.7 Å². The summed E-state index contributed by atoms with van der Waals surface area (Å²) in [4.78, 5) is 16.8. The Morgan fingerprint density at radius 1 is 1.20 bits per heavy atom. The zero-order chi connectivity index (χ0) is 13.8. The van der Waals surface area contributed by atoms with Crippen LogP contribution in [0.1, 0.15) is 16.2 Å². The molecular weight excluding hydrogens is 276 g/mol. The number of hydrogen-bond acceptors (Lipinski definition) is 6. The van der Waals surface area contributed by atoms with Gasteiger partial charge in [0.25, 0.3) is 5.89 Å². The van der Waals surface area contributed by atoms with Crippen LogP contribution >= 0.6 is 11.3 Å². The number of nitrogens with zero attached hydrogens (tertiary/aromatic N) is 2. The van der Waals surface area contributed by atoms with Crippen LogP contribution in [0.5, 0.6) is 0 Å². The number of hydrogen-bond donors (Lipinski definition) is 0. The zero-order valence-electron chi connectivity index (χ0n) is 10.4. The van der Waals surface area contributed by atoms with Gasteiger partial charge >= 0.3 is 5.97 Å². The van der Waals surface area contributed by atoms with Gasteiger partial charge in [0.1, 0.15) is 0 Å². The zero-order valence-corrected chi connectivity index (χ0v) is 11.2. The summed E-state index contributed by atoms with van der Waals surface area (Å²) in [5.74, 6) is 0.366. The Balaban J connectivity index is 1.63. The van der Waals surface area contributed by atoms with E-state index in [2.05, 4.69) is 10.1 Å². The van der Waals surface area contributed by atoms with Gasteiger partial charge in [-0.25, -0.2) is 4.79 Å². The molecule has 0 unspecified atom stereocenters. The van der Waals surface area contributed by atoms with Crippen LogP contribution in [0.4, 0.5) is 0 Å². The van der Waals surface area contributed by atoms with Crippen molar-refractivity contribution >= 4 is 17.3 Å². The van der Waals surface area contributed by atoms with Crippen LogP contribution in [0.15, 0.2) is 52.4 Å². The fourth-order valence-electron chi connectivity index (χ4n) is 1.60. The van der Waals surface area contributed by atoms with Gasteiger partial charge in [0.05, 0.1) is 10.4 Å². The van der Waals surface area contributed by atoms with E-state index >= 15 is 0 Å². The molecule has 0 atom stereocenters. The van der Waals surface area contributed by atoms with E-state index in [9.17, 15) is 4.79 Å². The minimum absolute atomic E-state index is 0.0356. The quantitative estimate of drug-likeness (QED) is 0.689. The number of aromatic nitrogens is 2. The predicted octanol–water partition coefficient (Wildman–Crippen LogP) is 3.16. The molecule has 2 heterocycles. The third kappa shape index (κ3) is 2.75. The molecule has 0 fully saturated rings. The maximum Gasteiger partial charge on any atom is 0.338 e. The Morgan fingerprint density at radius 3 is 2.80 bits per heavy atom. The molecule has 0 aliphatic heterocycles. The molecule has 0 aliphatic rings. The van der Waals surface area contributed by atoms with Gasteiger partial charge in [0, 0.05) is 0 Å². The lowest BCUT2D eigenvalue weighted by Crippen LogP contribution is -2.05. The van der Waals surface area contributed by atoms with Crippen molar-refractivity contribution in [2.45, 2.75) is 6.61 Å². The highest BCUT2D eigenvalue weighted by Gasteiger charge is 2.12. The van der Waals surface area contributed by atoms with E-state index in [-0.39, 0.29) is 12.5 Å². The minimum Gasteiger partial charge on any atom is -0.452 e. The van der Waals surface area contributed by atoms with Crippen LogP contribution in [0, 0.1) is 0 Å². The highest BCUT2D eigenvalue weighted by Crippen LogP contribution is 2.21. The van der Waals surface area contributed by atoms with E-state index in [4.69, 9.17) is 9.26 Å². The average Bonchev–Trinajstić information content (AvgIpc) is 3.16. The summed E-state index contributed by atoms with van der Waals surface area (Å²) in [6.45, 7) is -0.0356. The molecule has 0 saturated heterocycles. The lowest BCUT2D eigenvalue weighted by atomic mass is 10.2. The average molecular weight is 286 g/mol. The van der Waals surface area contributed by atoms with Crippen LogP contribution in [0.2, 0.25) is 0 Å². The fraction of sp³-hybridized carbons (Fsp3) is 0.0714. The van der Waals surface area contributed by atoms with E-state index in [1.165, 1.54) is 11.3 Å². The van der Waals surface area contributed by atoms with Gasteiger partial charge in [-0.05, 0) is 23.6 Å². The van der Waals surface area contributed by atoms with Crippen molar-refractivity contribution in [2.24, 2.45) is 0 Å². The molecule has 6 heteroatoms. The second-order valence-corrected chi connectivity index (χ2v) is 4.88. The molecule has 0 bridgehead atoms. The minimum atomic E-state index is -0.415. The van der Waals surface area contributed by atoms with Gasteiger partial charge in [0.2, 0.25) is 5.82 Å². The summed E-state index contributed by atoms with van der Waals surface area (Å²) in [6.07, 6.45) is 0. The first-order chi connectivity index (χ1) is 9.83. The van der Waals surface area contributed by atoms with E-state index in [0.717, 1.165) is 4.88 Å². The van der Waals surface area contributed by atoms with Gasteiger partial charge in [0.15, 0.2) is 6.61 Å². The van der Waals surface area contributed by atoms with Crippen LogP contribution in [0.3, 0.4) is 0 Å². The van der Waals surface area contributed by atoms with E-state index in [1.807, 2.05) is 23.6 Å². The summed E-state index contributed by atoms with van der Waals surface area (Å²) in [5, 5.41) is 5.77. The molecule has 0 saturated carbocycles. The Hall–Kier alpha value is -2.47. The number of carbonyl (C=O) groups excluding carboxylic acids is 1. The van der Waals surface area contributed by atoms with Gasteiger partial charge in [-0.3, -0.25) is 0 Å². The van der Waals surface area contributed by atoms with Crippen LogP contribution in [-0.2, 0) is 11.3 Å². The largest absolute Gasteiger partial charge is 0.452 e. The maximum absolute atomic E-state index is 11.7. The van der Waals surface area contributed by atoms with Crippen molar-refractivity contribution in [3.05, 3.63) is 59.3 Å². The maximum atomic E-state index is 11.7. The van der Waals surface area contributed by atoms with Gasteiger partial charge in [-0.15, -0.1) is 11.3 Å². The number of rotatable bonds is 4. The van der Waals surface area contributed by atoms with Crippen LogP contribution < -0.4 is 0 Å². The van der Waals surface area contributed by atoms with Crippen molar-refractivity contribution in [1.82, 2.24) is 10.1 Å². The van der Waals surface area contributed by atoms with E-state index in [0.29, 0.717) is 11.4 Å². The second kappa shape index (κ2) is 5.66. The lowest BCUT2D eigenvalue weighted by molar-refractivity contribution is 0.0430. The molecule has 1 aromatic carbocycles. The molecule has 100 valence electrons. The molecule has 0 amide bonds. The molecule has 0 spiro atoms. The topological polar surface area (TPSA) is 65.2 Å². The van der Waals surface area contributed by atoms with Crippen LogP contribution in [0.25, 0.3) is 10.7 Å². The predicted molar refractivity (Wildman–Crippen MR) is 73.2 cm³/mol. The summed E-state index contributed by atoms with van der Waals surface area (Å²) < 4.78 is 10.2. The summed E-state index contributed by atoms with van der Waals surface area (Å²) in [5.41, 5.74) is 0.491. The molecule has 0 aliphatic carbocycles. The number of thiophene rings is 1. The molecule has 3 rings (SSSR count). The molecule has 0 N–H and O–H groups in total. The Morgan fingerprint density at radius 2 is 2.05 bits per heavy atom. The van der Waals surface area contributed by atoms with E-state index < -0.39 is 5.97 Å². The summed E-state index contributed by atoms with van der Waals surface area (Å²) >= 11 is 1.52. The molecular formula is C14H10N2O3S. The van der Waals surface area contributed by atoms with Gasteiger partial charge in [-0.2, -0.15) is 4.98 Å². The fourth-order valence-corrected chi connectivity index (χ4v) is 2.25. The van der Waals surface area contributed by atoms with Gasteiger partial charge in [-0.1, -0.05) is 29.4 Å². The Kier molecular flexibility index (Phi) is 3.56.